The van der Waals surface area contributed by atoms with Crippen molar-refractivity contribution in [2.24, 2.45) is 0 Å². The molecule has 0 amide bonds. The molecule has 1 aliphatic rings. The number of hydrogen-bond acceptors (Lipinski definition) is 6. The lowest BCUT2D eigenvalue weighted by Gasteiger charge is -2.30. The molecule has 2 aromatic carbocycles. The van der Waals surface area contributed by atoms with Gasteiger partial charge in [0.2, 0.25) is 5.95 Å². The number of ether oxygens (including phenoxy) is 1. The van der Waals surface area contributed by atoms with Crippen molar-refractivity contribution in [3.05, 3.63) is 54.1 Å². The van der Waals surface area contributed by atoms with Gasteiger partial charge in [0, 0.05) is 46.5 Å². The van der Waals surface area contributed by atoms with E-state index >= 15 is 0 Å². The molecule has 8 heteroatoms. The molecule has 0 spiro atoms. The Hall–Kier alpha value is -3.00. The Morgan fingerprint density at radius 3 is 2.44 bits per heavy atom. The van der Waals surface area contributed by atoms with E-state index in [0.717, 1.165) is 48.0 Å². The largest absolute Gasteiger partial charge is 0.434 e. The Bertz CT molecular complexity index is 1050. The van der Waals surface area contributed by atoms with Crippen LogP contribution in [0.25, 0.3) is 10.9 Å². The lowest BCUT2D eigenvalue weighted by atomic mass is 9.91. The van der Waals surface area contributed by atoms with Gasteiger partial charge in [0.05, 0.1) is 5.52 Å². The van der Waals surface area contributed by atoms with Gasteiger partial charge in [-0.3, -0.25) is 0 Å². The summed E-state index contributed by atoms with van der Waals surface area (Å²) in [6.07, 6.45) is 3.95. The summed E-state index contributed by atoms with van der Waals surface area (Å²) in [5.74, 6) is 1.79. The first-order chi connectivity index (χ1) is 15.5. The van der Waals surface area contributed by atoms with E-state index < -0.39 is 6.61 Å². The molecule has 0 unspecified atom stereocenters. The topological polar surface area (TPSA) is 62.3 Å². The highest BCUT2D eigenvalue weighted by Gasteiger charge is 2.22. The first-order valence-corrected chi connectivity index (χ1v) is 11.0. The molecule has 0 bridgehead atoms. The number of rotatable bonds is 8. The quantitative estimate of drug-likeness (QED) is 0.491. The van der Waals surface area contributed by atoms with Crippen LogP contribution in [0.15, 0.2) is 48.5 Å². The van der Waals surface area contributed by atoms with Gasteiger partial charge in [0.1, 0.15) is 11.6 Å². The van der Waals surface area contributed by atoms with Crippen LogP contribution >= 0.6 is 0 Å². The maximum absolute atomic E-state index is 12.6. The van der Waals surface area contributed by atoms with E-state index in [9.17, 15) is 8.78 Å². The van der Waals surface area contributed by atoms with Crippen molar-refractivity contribution < 1.29 is 16.4 Å². The third-order valence-corrected chi connectivity index (χ3v) is 5.84. The average Bonchev–Trinajstić information content (AvgIpc) is 2.78. The van der Waals surface area contributed by atoms with Crippen LogP contribution in [-0.4, -0.2) is 42.8 Å². The third kappa shape index (κ3) is 5.43. The second-order valence-corrected chi connectivity index (χ2v) is 8.34. The summed E-state index contributed by atoms with van der Waals surface area (Å²) in [6.45, 7) is -2.31. The SMILES string of the molecule is CN(C)c1nc(NC2CCC(NCc3ccccc3OC(F)F)CC2)nc2ccccc12.[HH].[HH]. The summed E-state index contributed by atoms with van der Waals surface area (Å²) >= 11 is 0. The lowest BCUT2D eigenvalue weighted by Crippen LogP contribution is -2.37. The fraction of sp³-hybridized carbons (Fsp3) is 0.417. The maximum atomic E-state index is 12.6. The smallest absolute Gasteiger partial charge is 0.387 e. The monoisotopic (exact) mass is 445 g/mol. The lowest BCUT2D eigenvalue weighted by molar-refractivity contribution is -0.0505. The zero-order chi connectivity index (χ0) is 22.5. The van der Waals surface area contributed by atoms with Gasteiger partial charge in [-0.05, 0) is 43.9 Å². The van der Waals surface area contributed by atoms with E-state index in [4.69, 9.17) is 9.97 Å². The molecule has 1 heterocycles. The molecule has 6 nitrogen and oxygen atoms in total. The van der Waals surface area contributed by atoms with Gasteiger partial charge in [-0.2, -0.15) is 13.8 Å². The second-order valence-electron chi connectivity index (χ2n) is 8.34. The number of alkyl halides is 2. The van der Waals surface area contributed by atoms with Crippen molar-refractivity contribution in [3.8, 4) is 5.75 Å². The molecule has 0 aliphatic heterocycles. The van der Waals surface area contributed by atoms with Gasteiger partial charge in [-0.15, -0.1) is 0 Å². The standard InChI is InChI=1S/C24H29F2N5O.2H2/c1-31(2)22-19-8-4-5-9-20(19)29-24(30-22)28-18-13-11-17(12-14-18)27-15-16-7-3-6-10-21(16)32-23(25)26;;/h3-10,17-18,23,27H,11-15H2,1-2H3,(H,28,29,30);2*1H. The summed E-state index contributed by atoms with van der Waals surface area (Å²) in [5, 5.41) is 8.04. The van der Waals surface area contributed by atoms with Crippen LogP contribution in [0.1, 0.15) is 34.1 Å². The van der Waals surface area contributed by atoms with E-state index in [1.807, 2.05) is 55.4 Å². The van der Waals surface area contributed by atoms with Gasteiger partial charge < -0.3 is 20.3 Å². The third-order valence-electron chi connectivity index (χ3n) is 5.84. The highest BCUT2D eigenvalue weighted by molar-refractivity contribution is 5.90. The van der Waals surface area contributed by atoms with E-state index in [-0.39, 0.29) is 8.60 Å². The van der Waals surface area contributed by atoms with Crippen LogP contribution in [0.4, 0.5) is 20.5 Å². The number of halogens is 2. The van der Waals surface area contributed by atoms with Crippen LogP contribution in [0.5, 0.6) is 5.75 Å². The fourth-order valence-electron chi connectivity index (χ4n) is 4.20. The van der Waals surface area contributed by atoms with Crippen LogP contribution in [-0.2, 0) is 6.54 Å². The molecule has 4 rings (SSSR count). The minimum atomic E-state index is -2.82. The predicted molar refractivity (Wildman–Crippen MR) is 128 cm³/mol. The molecule has 0 saturated heterocycles. The molecule has 2 N–H and O–H groups in total. The number of para-hydroxylation sites is 2. The van der Waals surface area contributed by atoms with Gasteiger partial charge in [-0.1, -0.05) is 30.3 Å². The molecule has 0 radical (unpaired) electrons. The van der Waals surface area contributed by atoms with Crippen LogP contribution in [0.3, 0.4) is 0 Å². The predicted octanol–water partition coefficient (Wildman–Crippen LogP) is 5.30. The number of aromatic nitrogens is 2. The number of hydrogen-bond donors (Lipinski definition) is 2. The molecular weight excluding hydrogens is 412 g/mol. The van der Waals surface area contributed by atoms with Crippen molar-refractivity contribution in [1.82, 2.24) is 15.3 Å². The summed E-state index contributed by atoms with van der Waals surface area (Å²) in [5.41, 5.74) is 1.67. The van der Waals surface area contributed by atoms with Crippen molar-refractivity contribution in [3.63, 3.8) is 0 Å². The fourth-order valence-corrected chi connectivity index (χ4v) is 4.20. The van der Waals surface area contributed by atoms with Crippen molar-refractivity contribution in [2.75, 3.05) is 24.3 Å². The first kappa shape index (κ1) is 22.2. The number of benzene rings is 2. The average molecular weight is 446 g/mol. The summed E-state index contributed by atoms with van der Waals surface area (Å²) in [4.78, 5) is 11.4. The Balaban J connectivity index is 0.00000204. The van der Waals surface area contributed by atoms with Gasteiger partial charge >= 0.3 is 6.61 Å². The number of nitrogens with one attached hydrogen (secondary N) is 2. The van der Waals surface area contributed by atoms with Crippen molar-refractivity contribution in [1.29, 1.82) is 0 Å². The molecule has 1 aliphatic carbocycles. The zero-order valence-corrected chi connectivity index (χ0v) is 18.4. The first-order valence-electron chi connectivity index (χ1n) is 11.0. The van der Waals surface area contributed by atoms with Crippen LogP contribution in [0, 0.1) is 0 Å². The minimum Gasteiger partial charge on any atom is -0.434 e. The summed E-state index contributed by atoms with van der Waals surface area (Å²) in [6, 6.07) is 15.6. The molecule has 174 valence electrons. The molecule has 1 saturated carbocycles. The molecule has 3 aromatic rings. The van der Waals surface area contributed by atoms with Crippen LogP contribution < -0.4 is 20.3 Å². The molecular formula is C24H33F2N5O. The van der Waals surface area contributed by atoms with E-state index in [1.165, 1.54) is 0 Å². The zero-order valence-electron chi connectivity index (χ0n) is 18.4. The minimum absolute atomic E-state index is 0. The highest BCUT2D eigenvalue weighted by atomic mass is 19.3. The van der Waals surface area contributed by atoms with Crippen molar-refractivity contribution >= 4 is 22.7 Å². The van der Waals surface area contributed by atoms with Gasteiger partial charge in [0.25, 0.3) is 0 Å². The van der Waals surface area contributed by atoms with Gasteiger partial charge in [-0.25, -0.2) is 4.98 Å². The van der Waals surface area contributed by atoms with Crippen LogP contribution in [0.2, 0.25) is 0 Å². The van der Waals surface area contributed by atoms with Crippen molar-refractivity contribution in [2.45, 2.75) is 50.9 Å². The number of anilines is 2. The molecule has 1 fully saturated rings. The Labute approximate surface area is 190 Å². The maximum Gasteiger partial charge on any atom is 0.387 e. The Morgan fingerprint density at radius 2 is 1.69 bits per heavy atom. The molecule has 0 atom stereocenters. The van der Waals surface area contributed by atoms with E-state index in [2.05, 4.69) is 15.4 Å². The van der Waals surface area contributed by atoms with E-state index in [1.54, 1.807) is 12.1 Å². The highest BCUT2D eigenvalue weighted by Crippen LogP contribution is 2.27. The van der Waals surface area contributed by atoms with E-state index in [0.29, 0.717) is 24.6 Å². The summed E-state index contributed by atoms with van der Waals surface area (Å²) < 4.78 is 29.8. The molecule has 32 heavy (non-hydrogen) atoms. The number of nitrogens with zero attached hydrogens (tertiary/aromatic N) is 3. The number of fused-ring (bicyclic) bond motifs is 1. The normalized spacial score (nSPS) is 18.7. The molecule has 1 aromatic heterocycles. The summed E-state index contributed by atoms with van der Waals surface area (Å²) in [7, 11) is 3.97. The van der Waals surface area contributed by atoms with Gasteiger partial charge in [0.15, 0.2) is 0 Å². The Morgan fingerprint density at radius 1 is 1.00 bits per heavy atom. The second kappa shape index (κ2) is 10.1. The Kier molecular flexibility index (Phi) is 6.99.